The van der Waals surface area contributed by atoms with Crippen molar-refractivity contribution in [2.24, 2.45) is 0 Å². The van der Waals surface area contributed by atoms with Gasteiger partial charge in [0.1, 0.15) is 6.10 Å². The summed E-state index contributed by atoms with van der Waals surface area (Å²) in [6.07, 6.45) is -1.26. The van der Waals surface area contributed by atoms with Crippen molar-refractivity contribution in [3.05, 3.63) is 65.4 Å². The molecule has 6 nitrogen and oxygen atoms in total. The summed E-state index contributed by atoms with van der Waals surface area (Å²) in [5.41, 5.74) is 2.85. The van der Waals surface area contributed by atoms with Crippen LogP contribution in [0.1, 0.15) is 42.5 Å². The molecule has 1 amide bonds. The van der Waals surface area contributed by atoms with Crippen LogP contribution in [-0.4, -0.2) is 54.7 Å². The van der Waals surface area contributed by atoms with Crippen molar-refractivity contribution in [1.29, 1.82) is 0 Å². The molecule has 2 atom stereocenters. The Hall–Kier alpha value is -3.33. The molecule has 1 N–H and O–H groups in total. The zero-order valence-electron chi connectivity index (χ0n) is 21.0. The third-order valence-corrected chi connectivity index (χ3v) is 7.41. The molecule has 2 aromatic carbocycles. The number of rotatable bonds is 5. The van der Waals surface area contributed by atoms with Crippen LogP contribution in [0, 0.1) is 6.92 Å². The Balaban J connectivity index is 1.34. The van der Waals surface area contributed by atoms with Crippen LogP contribution in [0.25, 0.3) is 10.9 Å². The summed E-state index contributed by atoms with van der Waals surface area (Å²) in [7, 11) is 0. The molecule has 3 aromatic rings. The second kappa shape index (κ2) is 10.2. The van der Waals surface area contributed by atoms with E-state index < -0.39 is 11.7 Å². The Morgan fingerprint density at radius 1 is 1.14 bits per heavy atom. The number of pyridine rings is 1. The van der Waals surface area contributed by atoms with Crippen molar-refractivity contribution >= 4 is 28.2 Å². The number of carbonyl (C=O) groups is 1. The molecule has 0 aliphatic carbocycles. The number of carbonyl (C=O) groups excluding carboxylic acids is 1. The average molecular weight is 513 g/mol. The van der Waals surface area contributed by atoms with Crippen LogP contribution in [0.4, 0.5) is 24.5 Å². The summed E-state index contributed by atoms with van der Waals surface area (Å²) in [6, 6.07) is 11.9. The van der Waals surface area contributed by atoms with Gasteiger partial charge in [0.2, 0.25) is 0 Å². The smallest absolute Gasteiger partial charge is 0.378 e. The zero-order chi connectivity index (χ0) is 26.2. The number of nitrogens with zero attached hydrogens (tertiary/aromatic N) is 3. The van der Waals surface area contributed by atoms with Gasteiger partial charge in [-0.25, -0.2) is 0 Å². The topological polar surface area (TPSA) is 57.7 Å². The van der Waals surface area contributed by atoms with E-state index in [2.05, 4.69) is 21.3 Å². The van der Waals surface area contributed by atoms with Gasteiger partial charge in [-0.3, -0.25) is 9.78 Å². The van der Waals surface area contributed by atoms with Crippen molar-refractivity contribution in [3.63, 3.8) is 0 Å². The molecule has 9 heteroatoms. The number of benzene rings is 2. The van der Waals surface area contributed by atoms with Gasteiger partial charge in [0.25, 0.3) is 5.91 Å². The maximum atomic E-state index is 13.4. The number of piperazine rings is 1. The SMILES string of the molecule is Cc1c([C@@H](C)Nc2ccnc3ccc(N4CCN(C(=O)C5CCCO5)CC4)cc23)cccc1C(F)(F)F. The largest absolute Gasteiger partial charge is 0.416 e. The lowest BCUT2D eigenvalue weighted by Crippen LogP contribution is -2.51. The van der Waals surface area contributed by atoms with Crippen LogP contribution < -0.4 is 10.2 Å². The standard InChI is InChI=1S/C28H31F3N4O2/c1-18-21(5-3-6-23(18)28(29,30)31)19(2)33-25-10-11-32-24-9-8-20(17-22(24)25)34-12-14-35(15-13-34)27(36)26-7-4-16-37-26/h3,5-6,8-11,17,19,26H,4,7,12-16H2,1-2H3,(H,32,33)/t19-,26?/m1/s1. The van der Waals surface area contributed by atoms with Gasteiger partial charge >= 0.3 is 6.18 Å². The Labute approximate surface area is 214 Å². The van der Waals surface area contributed by atoms with Crippen molar-refractivity contribution in [2.75, 3.05) is 43.0 Å². The number of aromatic nitrogens is 1. The first-order chi connectivity index (χ1) is 17.7. The van der Waals surface area contributed by atoms with Crippen LogP contribution in [0.3, 0.4) is 0 Å². The highest BCUT2D eigenvalue weighted by molar-refractivity contribution is 5.93. The van der Waals surface area contributed by atoms with E-state index in [0.717, 1.165) is 41.2 Å². The Bertz CT molecular complexity index is 1280. The molecule has 37 heavy (non-hydrogen) atoms. The monoisotopic (exact) mass is 512 g/mol. The minimum atomic E-state index is -4.39. The predicted octanol–water partition coefficient (Wildman–Crippen LogP) is 5.56. The zero-order valence-corrected chi connectivity index (χ0v) is 21.0. The van der Waals surface area contributed by atoms with Gasteiger partial charge < -0.3 is 19.9 Å². The molecule has 1 unspecified atom stereocenters. The summed E-state index contributed by atoms with van der Waals surface area (Å²) in [5, 5.41) is 4.31. The molecule has 2 aliphatic rings. The highest BCUT2D eigenvalue weighted by Crippen LogP contribution is 2.36. The minimum absolute atomic E-state index is 0.0882. The number of hydrogen-bond donors (Lipinski definition) is 1. The van der Waals surface area contributed by atoms with Crippen molar-refractivity contribution in [3.8, 4) is 0 Å². The van der Waals surface area contributed by atoms with Gasteiger partial charge in [0.05, 0.1) is 11.1 Å². The molecule has 2 fully saturated rings. The fraction of sp³-hybridized carbons (Fsp3) is 0.429. The van der Waals surface area contributed by atoms with Crippen LogP contribution in [0.2, 0.25) is 0 Å². The van der Waals surface area contributed by atoms with Crippen LogP contribution in [0.15, 0.2) is 48.7 Å². The number of ether oxygens (including phenoxy) is 1. The summed E-state index contributed by atoms with van der Waals surface area (Å²) < 4.78 is 45.9. The lowest BCUT2D eigenvalue weighted by molar-refractivity contribution is -0.141. The van der Waals surface area contributed by atoms with Gasteiger partial charge in [-0.15, -0.1) is 0 Å². The summed E-state index contributed by atoms with van der Waals surface area (Å²) in [5.74, 6) is 0.0882. The Kier molecular flexibility index (Phi) is 6.98. The number of amides is 1. The molecule has 0 saturated carbocycles. The molecule has 0 spiro atoms. The number of anilines is 2. The second-order valence-corrected chi connectivity index (χ2v) is 9.76. The number of nitrogens with one attached hydrogen (secondary N) is 1. The molecule has 0 bridgehead atoms. The van der Waals surface area contributed by atoms with E-state index in [1.807, 2.05) is 30.0 Å². The normalized spacial score (nSPS) is 19.3. The number of fused-ring (bicyclic) bond motifs is 1. The third kappa shape index (κ3) is 5.23. The van der Waals surface area contributed by atoms with E-state index >= 15 is 0 Å². The van der Waals surface area contributed by atoms with E-state index in [0.29, 0.717) is 38.3 Å². The molecule has 0 radical (unpaired) electrons. The first-order valence-electron chi connectivity index (χ1n) is 12.7. The predicted molar refractivity (Wildman–Crippen MR) is 138 cm³/mol. The van der Waals surface area contributed by atoms with Crippen molar-refractivity contribution in [1.82, 2.24) is 9.88 Å². The van der Waals surface area contributed by atoms with Crippen molar-refractivity contribution < 1.29 is 22.7 Å². The molecule has 2 aliphatic heterocycles. The first kappa shape index (κ1) is 25.3. The summed E-state index contributed by atoms with van der Waals surface area (Å²) in [4.78, 5) is 21.3. The molecular formula is C28H31F3N4O2. The molecule has 196 valence electrons. The average Bonchev–Trinajstić information content (AvgIpc) is 3.43. The minimum Gasteiger partial charge on any atom is -0.378 e. The van der Waals surface area contributed by atoms with Crippen LogP contribution in [-0.2, 0) is 15.7 Å². The summed E-state index contributed by atoms with van der Waals surface area (Å²) in [6.45, 7) is 6.75. The highest BCUT2D eigenvalue weighted by atomic mass is 19.4. The number of hydrogen-bond acceptors (Lipinski definition) is 5. The van der Waals surface area contributed by atoms with Gasteiger partial charge in [0, 0.05) is 61.8 Å². The number of halogens is 3. The van der Waals surface area contributed by atoms with Gasteiger partial charge in [-0.05, 0) is 68.1 Å². The second-order valence-electron chi connectivity index (χ2n) is 9.76. The van der Waals surface area contributed by atoms with E-state index in [1.165, 1.54) is 13.0 Å². The third-order valence-electron chi connectivity index (χ3n) is 7.41. The van der Waals surface area contributed by atoms with E-state index in [1.54, 1.807) is 12.3 Å². The highest BCUT2D eigenvalue weighted by Gasteiger charge is 2.33. The van der Waals surface area contributed by atoms with Crippen molar-refractivity contribution in [2.45, 2.75) is 45.0 Å². The lowest BCUT2D eigenvalue weighted by atomic mass is 9.97. The van der Waals surface area contributed by atoms with Gasteiger partial charge in [0.15, 0.2) is 0 Å². The van der Waals surface area contributed by atoms with Gasteiger partial charge in [-0.2, -0.15) is 13.2 Å². The quantitative estimate of drug-likeness (QED) is 0.485. The van der Waals surface area contributed by atoms with Crippen LogP contribution in [0.5, 0.6) is 0 Å². The van der Waals surface area contributed by atoms with Crippen LogP contribution >= 0.6 is 0 Å². The maximum absolute atomic E-state index is 13.4. The Morgan fingerprint density at radius 3 is 2.62 bits per heavy atom. The maximum Gasteiger partial charge on any atom is 0.416 e. The Morgan fingerprint density at radius 2 is 1.92 bits per heavy atom. The molecule has 2 saturated heterocycles. The lowest BCUT2D eigenvalue weighted by Gasteiger charge is -2.37. The molecule has 5 rings (SSSR count). The molecular weight excluding hydrogens is 481 g/mol. The summed E-state index contributed by atoms with van der Waals surface area (Å²) >= 11 is 0. The molecule has 1 aromatic heterocycles. The number of alkyl halides is 3. The fourth-order valence-electron chi connectivity index (χ4n) is 5.36. The van der Waals surface area contributed by atoms with E-state index in [4.69, 9.17) is 4.74 Å². The van der Waals surface area contributed by atoms with E-state index in [9.17, 15) is 18.0 Å². The van der Waals surface area contributed by atoms with Gasteiger partial charge in [-0.1, -0.05) is 12.1 Å². The van der Waals surface area contributed by atoms with E-state index in [-0.39, 0.29) is 23.6 Å². The molecule has 3 heterocycles. The first-order valence-corrected chi connectivity index (χ1v) is 12.7. The fourth-order valence-corrected chi connectivity index (χ4v) is 5.36.